The first-order valence-corrected chi connectivity index (χ1v) is 10.0. The minimum absolute atomic E-state index is 0.0368. The number of aryl methyl sites for hydroxylation is 2. The highest BCUT2D eigenvalue weighted by Gasteiger charge is 2.32. The number of nitrogens with zero attached hydrogens (tertiary/aromatic N) is 2. The third-order valence-corrected chi connectivity index (χ3v) is 6.81. The number of methoxy groups -OCH3 is 1. The maximum atomic E-state index is 13.2. The van der Waals surface area contributed by atoms with Gasteiger partial charge in [0, 0.05) is 13.1 Å². The molecule has 2 aliphatic rings. The van der Waals surface area contributed by atoms with Crippen molar-refractivity contribution in [2.45, 2.75) is 17.7 Å². The summed E-state index contributed by atoms with van der Waals surface area (Å²) in [4.78, 5) is 19.2. The molecule has 0 radical (unpaired) electrons. The second-order valence-corrected chi connectivity index (χ2v) is 8.36. The van der Waals surface area contributed by atoms with Gasteiger partial charge in [0.25, 0.3) is 5.56 Å². The SMILES string of the molecule is COc1cc2c(cc1S(=O)(=O)N1CCOCC1)-c1c(nc(N)[nH]c1=O)CC2. The quantitative estimate of drug-likeness (QED) is 0.761. The number of aromatic nitrogens is 2. The van der Waals surface area contributed by atoms with E-state index in [0.29, 0.717) is 42.9 Å². The zero-order valence-corrected chi connectivity index (χ0v) is 15.6. The van der Waals surface area contributed by atoms with Gasteiger partial charge in [-0.15, -0.1) is 0 Å². The van der Waals surface area contributed by atoms with Crippen LogP contribution < -0.4 is 16.0 Å². The Morgan fingerprint density at radius 2 is 2.00 bits per heavy atom. The largest absolute Gasteiger partial charge is 0.495 e. The third kappa shape index (κ3) is 2.99. The number of nitrogen functional groups attached to an aromatic ring is 1. The molecule has 10 heteroatoms. The first-order valence-electron chi connectivity index (χ1n) is 8.59. The number of morpholine rings is 1. The molecule has 0 spiro atoms. The Bertz CT molecular complexity index is 1060. The number of nitrogens with two attached hydrogens (primary N) is 1. The van der Waals surface area contributed by atoms with Crippen LogP contribution in [0.1, 0.15) is 11.3 Å². The van der Waals surface area contributed by atoms with Crippen molar-refractivity contribution in [1.82, 2.24) is 14.3 Å². The average Bonchev–Trinajstić information content (AvgIpc) is 2.66. The van der Waals surface area contributed by atoms with E-state index >= 15 is 0 Å². The van der Waals surface area contributed by atoms with Crippen LogP contribution in [0, 0.1) is 0 Å². The van der Waals surface area contributed by atoms with Gasteiger partial charge in [0.2, 0.25) is 16.0 Å². The van der Waals surface area contributed by atoms with E-state index < -0.39 is 10.0 Å². The van der Waals surface area contributed by atoms with Crippen LogP contribution in [0.15, 0.2) is 21.8 Å². The summed E-state index contributed by atoms with van der Waals surface area (Å²) in [5.74, 6) is 0.320. The normalized spacial score (nSPS) is 17.2. The molecule has 1 aliphatic heterocycles. The van der Waals surface area contributed by atoms with E-state index in [2.05, 4.69) is 9.97 Å². The van der Waals surface area contributed by atoms with Gasteiger partial charge in [0.05, 0.1) is 31.6 Å². The second kappa shape index (κ2) is 6.63. The van der Waals surface area contributed by atoms with Crippen LogP contribution in [-0.4, -0.2) is 56.1 Å². The molecule has 1 aliphatic carbocycles. The summed E-state index contributed by atoms with van der Waals surface area (Å²) in [6.07, 6.45) is 1.17. The lowest BCUT2D eigenvalue weighted by Gasteiger charge is -2.28. The smallest absolute Gasteiger partial charge is 0.260 e. The number of benzene rings is 1. The van der Waals surface area contributed by atoms with Gasteiger partial charge in [-0.25, -0.2) is 13.4 Å². The minimum Gasteiger partial charge on any atom is -0.495 e. The summed E-state index contributed by atoms with van der Waals surface area (Å²) in [6.45, 7) is 1.24. The van der Waals surface area contributed by atoms with Gasteiger partial charge >= 0.3 is 0 Å². The van der Waals surface area contributed by atoms with E-state index in [1.165, 1.54) is 17.5 Å². The predicted molar refractivity (Wildman–Crippen MR) is 98.2 cm³/mol. The molecular formula is C17H20N4O5S. The summed E-state index contributed by atoms with van der Waals surface area (Å²) in [6, 6.07) is 3.21. The highest BCUT2D eigenvalue weighted by molar-refractivity contribution is 7.89. The average molecular weight is 392 g/mol. The number of H-pyrrole nitrogens is 1. The summed E-state index contributed by atoms with van der Waals surface area (Å²) in [5.41, 5.74) is 7.61. The van der Waals surface area contributed by atoms with E-state index in [1.807, 2.05) is 0 Å². The maximum absolute atomic E-state index is 13.2. The molecule has 144 valence electrons. The Labute approximate surface area is 156 Å². The molecule has 2 aromatic rings. The summed E-state index contributed by atoms with van der Waals surface area (Å²) >= 11 is 0. The Morgan fingerprint density at radius 3 is 2.70 bits per heavy atom. The Hall–Kier alpha value is -2.43. The number of sulfonamides is 1. The lowest BCUT2D eigenvalue weighted by molar-refractivity contribution is 0.0729. The molecule has 0 bridgehead atoms. The van der Waals surface area contributed by atoms with Gasteiger partial charge < -0.3 is 15.2 Å². The van der Waals surface area contributed by atoms with E-state index in [-0.39, 0.29) is 35.2 Å². The van der Waals surface area contributed by atoms with Gasteiger partial charge in [-0.3, -0.25) is 9.78 Å². The van der Waals surface area contributed by atoms with E-state index in [1.54, 1.807) is 6.07 Å². The number of hydrogen-bond acceptors (Lipinski definition) is 7. The number of ether oxygens (including phenoxy) is 2. The number of rotatable bonds is 3. The molecule has 2 heterocycles. The highest BCUT2D eigenvalue weighted by Crippen LogP contribution is 2.38. The van der Waals surface area contributed by atoms with Crippen LogP contribution in [-0.2, 0) is 27.6 Å². The monoisotopic (exact) mass is 392 g/mol. The summed E-state index contributed by atoms with van der Waals surface area (Å²) in [5, 5.41) is 0. The van der Waals surface area contributed by atoms with Crippen molar-refractivity contribution in [1.29, 1.82) is 0 Å². The van der Waals surface area contributed by atoms with Crippen molar-refractivity contribution in [3.8, 4) is 16.9 Å². The number of hydrogen-bond donors (Lipinski definition) is 2. The van der Waals surface area contributed by atoms with Crippen molar-refractivity contribution >= 4 is 16.0 Å². The zero-order chi connectivity index (χ0) is 19.2. The molecular weight excluding hydrogens is 372 g/mol. The molecule has 9 nitrogen and oxygen atoms in total. The molecule has 0 amide bonds. The molecule has 3 N–H and O–H groups in total. The lowest BCUT2D eigenvalue weighted by Crippen LogP contribution is -2.40. The number of nitrogens with one attached hydrogen (secondary N) is 1. The summed E-state index contributed by atoms with van der Waals surface area (Å²) < 4.78 is 38.3. The second-order valence-electron chi connectivity index (χ2n) is 6.45. The molecule has 27 heavy (non-hydrogen) atoms. The van der Waals surface area contributed by atoms with Crippen molar-refractivity contribution in [2.75, 3.05) is 39.1 Å². The fourth-order valence-electron chi connectivity index (χ4n) is 3.58. The Balaban J connectivity index is 1.91. The number of anilines is 1. The predicted octanol–water partition coefficient (Wildman–Crippen LogP) is 0.147. The maximum Gasteiger partial charge on any atom is 0.260 e. The molecule has 1 saturated heterocycles. The first kappa shape index (κ1) is 18.0. The van der Waals surface area contributed by atoms with Gasteiger partial charge in [0.1, 0.15) is 10.6 Å². The molecule has 0 unspecified atom stereocenters. The van der Waals surface area contributed by atoms with Gasteiger partial charge in [-0.2, -0.15) is 4.31 Å². The molecule has 0 saturated carbocycles. The molecule has 0 atom stereocenters. The van der Waals surface area contributed by atoms with Crippen molar-refractivity contribution < 1.29 is 17.9 Å². The van der Waals surface area contributed by atoms with Crippen LogP contribution in [0.3, 0.4) is 0 Å². The molecule has 4 rings (SSSR count). The van der Waals surface area contributed by atoms with E-state index in [0.717, 1.165) is 5.56 Å². The van der Waals surface area contributed by atoms with E-state index in [9.17, 15) is 13.2 Å². The molecule has 1 aromatic carbocycles. The van der Waals surface area contributed by atoms with Gasteiger partial charge in [-0.05, 0) is 36.1 Å². The highest BCUT2D eigenvalue weighted by atomic mass is 32.2. The fourth-order valence-corrected chi connectivity index (χ4v) is 5.15. The minimum atomic E-state index is -3.79. The third-order valence-electron chi connectivity index (χ3n) is 4.89. The van der Waals surface area contributed by atoms with Crippen molar-refractivity contribution in [2.24, 2.45) is 0 Å². The first-order chi connectivity index (χ1) is 12.9. The van der Waals surface area contributed by atoms with Gasteiger partial charge in [-0.1, -0.05) is 0 Å². The number of fused-ring (bicyclic) bond motifs is 3. The Morgan fingerprint density at radius 1 is 1.26 bits per heavy atom. The molecule has 1 fully saturated rings. The Kier molecular flexibility index (Phi) is 4.41. The zero-order valence-electron chi connectivity index (χ0n) is 14.8. The van der Waals surface area contributed by atoms with Crippen molar-refractivity contribution in [3.05, 3.63) is 33.7 Å². The van der Waals surface area contributed by atoms with E-state index in [4.69, 9.17) is 15.2 Å². The van der Waals surface area contributed by atoms with Crippen LogP contribution in [0.4, 0.5) is 5.95 Å². The van der Waals surface area contributed by atoms with Crippen LogP contribution >= 0.6 is 0 Å². The van der Waals surface area contributed by atoms with Crippen LogP contribution in [0.25, 0.3) is 11.1 Å². The van der Waals surface area contributed by atoms with Gasteiger partial charge in [0.15, 0.2) is 0 Å². The fraction of sp³-hybridized carbons (Fsp3) is 0.412. The number of aromatic amines is 1. The topological polar surface area (TPSA) is 128 Å². The lowest BCUT2D eigenvalue weighted by atomic mass is 9.89. The van der Waals surface area contributed by atoms with Crippen LogP contribution in [0.5, 0.6) is 5.75 Å². The standard InChI is InChI=1S/C17H20N4O5S/c1-25-13-8-10-2-3-12-15(16(22)20-17(18)19-12)11(10)9-14(13)27(23,24)21-4-6-26-7-5-21/h8-9H,2-7H2,1H3,(H3,18,19,20,22). The van der Waals surface area contributed by atoms with Crippen molar-refractivity contribution in [3.63, 3.8) is 0 Å². The molecule has 1 aromatic heterocycles. The summed E-state index contributed by atoms with van der Waals surface area (Å²) in [7, 11) is -2.35. The van der Waals surface area contributed by atoms with Crippen LogP contribution in [0.2, 0.25) is 0 Å².